The van der Waals surface area contributed by atoms with Crippen molar-refractivity contribution in [3.63, 3.8) is 0 Å². The fraction of sp³-hybridized carbons (Fsp3) is 0.500. The smallest absolute Gasteiger partial charge is 0.191 e. The molecule has 1 aromatic carbocycles. The Morgan fingerprint density at radius 3 is 2.46 bits per heavy atom. The van der Waals surface area contributed by atoms with Crippen LogP contribution < -0.4 is 15.4 Å². The molecule has 26 heavy (non-hydrogen) atoms. The number of aromatic nitrogens is 2. The number of hydrogen-bond acceptors (Lipinski definition) is 3. The normalized spacial score (nSPS) is 11.5. The quantitative estimate of drug-likeness (QED) is 0.433. The van der Waals surface area contributed by atoms with Crippen LogP contribution in [-0.4, -0.2) is 35.9 Å². The number of benzene rings is 1. The zero-order valence-electron chi connectivity index (χ0n) is 16.6. The Labute approximate surface area is 156 Å². The van der Waals surface area contributed by atoms with Crippen LogP contribution in [0, 0.1) is 20.8 Å². The van der Waals surface area contributed by atoms with Gasteiger partial charge in [-0.1, -0.05) is 17.7 Å². The molecule has 0 atom stereocenters. The molecule has 0 aliphatic rings. The van der Waals surface area contributed by atoms with Gasteiger partial charge in [0.25, 0.3) is 0 Å². The molecule has 0 spiro atoms. The van der Waals surface area contributed by atoms with E-state index in [0.717, 1.165) is 49.9 Å². The van der Waals surface area contributed by atoms with Crippen LogP contribution in [0.3, 0.4) is 0 Å². The summed E-state index contributed by atoms with van der Waals surface area (Å²) in [6, 6.07) is 8.17. The Bertz CT molecular complexity index is 719. The minimum atomic E-state index is 0.724. The molecule has 0 aliphatic carbocycles. The van der Waals surface area contributed by atoms with Crippen molar-refractivity contribution in [1.82, 2.24) is 20.4 Å². The van der Waals surface area contributed by atoms with Crippen LogP contribution in [0.1, 0.15) is 35.4 Å². The third-order valence-corrected chi connectivity index (χ3v) is 4.47. The highest BCUT2D eigenvalue weighted by Crippen LogP contribution is 2.12. The molecule has 2 N–H and O–H groups in total. The molecular formula is C20H31N5O. The topological polar surface area (TPSA) is 63.5 Å². The molecule has 0 bridgehead atoms. The molecule has 0 saturated carbocycles. The van der Waals surface area contributed by atoms with E-state index in [0.29, 0.717) is 0 Å². The van der Waals surface area contributed by atoms with Crippen molar-refractivity contribution in [3.05, 3.63) is 46.8 Å². The lowest BCUT2D eigenvalue weighted by atomic mass is 10.2. The van der Waals surface area contributed by atoms with Gasteiger partial charge in [0, 0.05) is 38.4 Å². The summed E-state index contributed by atoms with van der Waals surface area (Å²) in [5.74, 6) is 1.75. The largest absolute Gasteiger partial charge is 0.494 e. The molecule has 0 fully saturated rings. The summed E-state index contributed by atoms with van der Waals surface area (Å²) < 4.78 is 7.66. The highest BCUT2D eigenvalue weighted by atomic mass is 16.5. The summed E-state index contributed by atoms with van der Waals surface area (Å²) >= 11 is 0. The predicted octanol–water partition coefficient (Wildman–Crippen LogP) is 2.87. The number of guanidine groups is 1. The van der Waals surface area contributed by atoms with Gasteiger partial charge in [-0.25, -0.2) is 0 Å². The maximum atomic E-state index is 5.75. The van der Waals surface area contributed by atoms with E-state index in [2.05, 4.69) is 46.7 Å². The summed E-state index contributed by atoms with van der Waals surface area (Å²) in [4.78, 5) is 4.28. The molecule has 6 heteroatoms. The summed E-state index contributed by atoms with van der Waals surface area (Å²) in [5, 5.41) is 11.1. The highest BCUT2D eigenvalue weighted by Gasteiger charge is 2.09. The third-order valence-electron chi connectivity index (χ3n) is 4.47. The maximum Gasteiger partial charge on any atom is 0.191 e. The number of ether oxygens (including phenoxy) is 1. The fourth-order valence-corrected chi connectivity index (χ4v) is 2.72. The molecule has 0 unspecified atom stereocenters. The first-order chi connectivity index (χ1) is 12.5. The highest BCUT2D eigenvalue weighted by molar-refractivity contribution is 5.79. The lowest BCUT2D eigenvalue weighted by Crippen LogP contribution is -2.37. The van der Waals surface area contributed by atoms with E-state index in [4.69, 9.17) is 4.74 Å². The maximum absolute atomic E-state index is 5.75. The summed E-state index contributed by atoms with van der Waals surface area (Å²) in [7, 11) is 3.76. The van der Waals surface area contributed by atoms with Gasteiger partial charge in [-0.3, -0.25) is 9.67 Å². The number of nitrogens with zero attached hydrogens (tertiary/aromatic N) is 3. The van der Waals surface area contributed by atoms with Gasteiger partial charge < -0.3 is 15.4 Å². The second kappa shape index (κ2) is 9.85. The molecule has 1 aromatic heterocycles. The second-order valence-corrected chi connectivity index (χ2v) is 6.49. The number of nitrogens with one attached hydrogen (secondary N) is 2. The number of aliphatic imine (C=N–C) groups is 1. The first-order valence-corrected chi connectivity index (χ1v) is 9.14. The average Bonchev–Trinajstić information content (AvgIpc) is 2.87. The van der Waals surface area contributed by atoms with Crippen LogP contribution in [0.15, 0.2) is 29.3 Å². The van der Waals surface area contributed by atoms with Gasteiger partial charge >= 0.3 is 0 Å². The van der Waals surface area contributed by atoms with E-state index >= 15 is 0 Å². The Morgan fingerprint density at radius 1 is 1.12 bits per heavy atom. The van der Waals surface area contributed by atoms with Crippen LogP contribution >= 0.6 is 0 Å². The first kappa shape index (κ1) is 19.8. The lowest BCUT2D eigenvalue weighted by molar-refractivity contribution is 0.307. The second-order valence-electron chi connectivity index (χ2n) is 6.49. The molecule has 0 saturated heterocycles. The monoisotopic (exact) mass is 357 g/mol. The van der Waals surface area contributed by atoms with E-state index in [1.165, 1.54) is 16.8 Å². The predicted molar refractivity (Wildman–Crippen MR) is 107 cm³/mol. The number of hydrogen-bond donors (Lipinski definition) is 2. The molecule has 1 heterocycles. The average molecular weight is 358 g/mol. The van der Waals surface area contributed by atoms with E-state index in [-0.39, 0.29) is 0 Å². The van der Waals surface area contributed by atoms with E-state index in [1.54, 1.807) is 7.05 Å². The Morgan fingerprint density at radius 2 is 1.85 bits per heavy atom. The van der Waals surface area contributed by atoms with Gasteiger partial charge in [-0.2, -0.15) is 5.10 Å². The minimum absolute atomic E-state index is 0.724. The number of unbranched alkanes of at least 4 members (excludes halogenated alkanes) is 1. The van der Waals surface area contributed by atoms with Gasteiger partial charge in [0.15, 0.2) is 5.96 Å². The van der Waals surface area contributed by atoms with Crippen LogP contribution in [-0.2, 0) is 13.6 Å². The fourth-order valence-electron chi connectivity index (χ4n) is 2.72. The molecule has 2 rings (SSSR count). The zero-order chi connectivity index (χ0) is 18.9. The molecule has 0 aliphatic heterocycles. The van der Waals surface area contributed by atoms with Crippen LogP contribution in [0.5, 0.6) is 5.75 Å². The van der Waals surface area contributed by atoms with Crippen molar-refractivity contribution in [1.29, 1.82) is 0 Å². The molecule has 142 valence electrons. The van der Waals surface area contributed by atoms with E-state index in [9.17, 15) is 0 Å². The van der Waals surface area contributed by atoms with E-state index < -0.39 is 0 Å². The Balaban J connectivity index is 1.63. The number of rotatable bonds is 8. The van der Waals surface area contributed by atoms with Gasteiger partial charge in [-0.15, -0.1) is 0 Å². The van der Waals surface area contributed by atoms with Gasteiger partial charge in [0.1, 0.15) is 5.75 Å². The lowest BCUT2D eigenvalue weighted by Gasteiger charge is -2.12. The van der Waals surface area contributed by atoms with Crippen molar-refractivity contribution < 1.29 is 4.74 Å². The first-order valence-electron chi connectivity index (χ1n) is 9.14. The zero-order valence-corrected chi connectivity index (χ0v) is 16.6. The van der Waals surface area contributed by atoms with Gasteiger partial charge in [-0.05, 0) is 45.7 Å². The Hall–Kier alpha value is -2.50. The van der Waals surface area contributed by atoms with Crippen molar-refractivity contribution in [3.8, 4) is 5.75 Å². The Kier molecular flexibility index (Phi) is 7.51. The van der Waals surface area contributed by atoms with Crippen LogP contribution in [0.25, 0.3) is 0 Å². The van der Waals surface area contributed by atoms with Crippen molar-refractivity contribution in [2.75, 3.05) is 20.2 Å². The molecule has 0 amide bonds. The summed E-state index contributed by atoms with van der Waals surface area (Å²) in [5.41, 5.74) is 4.71. The molecular weight excluding hydrogens is 326 g/mol. The number of aryl methyl sites for hydroxylation is 3. The van der Waals surface area contributed by atoms with Gasteiger partial charge in [0.2, 0.25) is 0 Å². The summed E-state index contributed by atoms with van der Waals surface area (Å²) in [6.07, 6.45) is 2.02. The van der Waals surface area contributed by atoms with Gasteiger partial charge in [0.05, 0.1) is 12.3 Å². The van der Waals surface area contributed by atoms with Crippen molar-refractivity contribution >= 4 is 5.96 Å². The molecule has 2 aromatic rings. The van der Waals surface area contributed by atoms with Crippen LogP contribution in [0.2, 0.25) is 0 Å². The van der Waals surface area contributed by atoms with Crippen LogP contribution in [0.4, 0.5) is 0 Å². The van der Waals surface area contributed by atoms with Crippen molar-refractivity contribution in [2.45, 2.75) is 40.2 Å². The summed E-state index contributed by atoms with van der Waals surface area (Å²) in [6.45, 7) is 8.51. The molecule has 0 radical (unpaired) electrons. The minimum Gasteiger partial charge on any atom is -0.494 e. The SMILES string of the molecule is CN=C(NCCCCOc1ccc(C)cc1)NCc1c(C)nn(C)c1C. The van der Waals surface area contributed by atoms with E-state index in [1.807, 2.05) is 30.8 Å². The van der Waals surface area contributed by atoms with Crippen molar-refractivity contribution in [2.24, 2.45) is 12.0 Å². The third kappa shape index (κ3) is 5.79. The standard InChI is InChI=1S/C20H31N5O/c1-15-8-10-18(11-9-15)26-13-7-6-12-22-20(21-4)23-14-19-16(2)24-25(5)17(19)3/h8-11H,6-7,12-14H2,1-5H3,(H2,21,22,23). The molecule has 6 nitrogen and oxygen atoms in total.